The van der Waals surface area contributed by atoms with E-state index in [9.17, 15) is 0 Å². The summed E-state index contributed by atoms with van der Waals surface area (Å²) in [6.07, 6.45) is 1.30. The molecule has 17 heavy (non-hydrogen) atoms. The van der Waals surface area contributed by atoms with Crippen molar-refractivity contribution in [2.45, 2.75) is 19.9 Å². The van der Waals surface area contributed by atoms with Gasteiger partial charge in [-0.1, -0.05) is 12.0 Å². The molecule has 1 aromatic heterocycles. The molecular formula is C11H20N4O2. The van der Waals surface area contributed by atoms with Crippen molar-refractivity contribution >= 4 is 6.01 Å². The first-order chi connectivity index (χ1) is 8.29. The highest BCUT2D eigenvalue weighted by molar-refractivity contribution is 5.17. The number of hydrogen-bond acceptors (Lipinski definition) is 6. The largest absolute Gasteiger partial charge is 0.407 e. The Morgan fingerprint density at radius 2 is 2.29 bits per heavy atom. The number of rotatable bonds is 8. The molecule has 0 bridgehead atoms. The van der Waals surface area contributed by atoms with Crippen LogP contribution in [0.1, 0.15) is 19.2 Å². The second-order valence-corrected chi connectivity index (χ2v) is 4.52. The molecule has 1 aromatic rings. The van der Waals surface area contributed by atoms with Gasteiger partial charge in [0, 0.05) is 20.2 Å². The van der Waals surface area contributed by atoms with Crippen molar-refractivity contribution in [2.75, 3.05) is 32.1 Å². The standard InChI is InChI=1S/C11H20N4O2/c1-8-5-9(8)6-13-11-15-14-10(17-11)7-12-3-4-16-2/h8-9,12H,3-7H2,1-2H3,(H,13,15). The van der Waals surface area contributed by atoms with Gasteiger partial charge in [-0.2, -0.15) is 0 Å². The van der Waals surface area contributed by atoms with Gasteiger partial charge >= 0.3 is 6.01 Å². The van der Waals surface area contributed by atoms with Crippen LogP contribution in [-0.4, -0.2) is 37.0 Å². The summed E-state index contributed by atoms with van der Waals surface area (Å²) in [4.78, 5) is 0. The zero-order valence-electron chi connectivity index (χ0n) is 10.4. The maximum Gasteiger partial charge on any atom is 0.315 e. The van der Waals surface area contributed by atoms with E-state index in [4.69, 9.17) is 9.15 Å². The molecule has 0 aliphatic heterocycles. The number of nitrogens with one attached hydrogen (secondary N) is 2. The molecule has 0 amide bonds. The van der Waals surface area contributed by atoms with Crippen LogP contribution < -0.4 is 10.6 Å². The lowest BCUT2D eigenvalue weighted by Crippen LogP contribution is -2.18. The molecule has 0 saturated heterocycles. The Balaban J connectivity index is 1.64. The Bertz CT molecular complexity index is 342. The van der Waals surface area contributed by atoms with Crippen molar-refractivity contribution in [3.05, 3.63) is 5.89 Å². The van der Waals surface area contributed by atoms with Crippen LogP contribution in [0.3, 0.4) is 0 Å². The second kappa shape index (κ2) is 5.97. The van der Waals surface area contributed by atoms with Crippen LogP contribution in [0.4, 0.5) is 6.01 Å². The molecular weight excluding hydrogens is 220 g/mol. The lowest BCUT2D eigenvalue weighted by molar-refractivity contribution is 0.198. The Kier molecular flexibility index (Phi) is 4.33. The predicted octanol–water partition coefficient (Wildman–Crippen LogP) is 0.873. The van der Waals surface area contributed by atoms with E-state index in [0.717, 1.165) is 24.9 Å². The third-order valence-electron chi connectivity index (χ3n) is 3.02. The zero-order chi connectivity index (χ0) is 12.1. The normalized spacial score (nSPS) is 22.7. The van der Waals surface area contributed by atoms with Crippen molar-refractivity contribution in [1.82, 2.24) is 15.5 Å². The van der Waals surface area contributed by atoms with E-state index in [0.29, 0.717) is 25.1 Å². The predicted molar refractivity (Wildman–Crippen MR) is 63.6 cm³/mol. The number of ether oxygens (including phenoxy) is 1. The van der Waals surface area contributed by atoms with Crippen molar-refractivity contribution in [3.8, 4) is 0 Å². The fourth-order valence-electron chi connectivity index (χ4n) is 1.67. The molecule has 2 atom stereocenters. The van der Waals surface area contributed by atoms with Gasteiger partial charge < -0.3 is 19.8 Å². The molecule has 2 N–H and O–H groups in total. The van der Waals surface area contributed by atoms with Gasteiger partial charge in [0.05, 0.1) is 13.2 Å². The van der Waals surface area contributed by atoms with Crippen LogP contribution in [0, 0.1) is 11.8 Å². The Hall–Kier alpha value is -1.14. The monoisotopic (exact) mass is 240 g/mol. The van der Waals surface area contributed by atoms with E-state index < -0.39 is 0 Å². The molecule has 6 heteroatoms. The number of aromatic nitrogens is 2. The third kappa shape index (κ3) is 3.98. The molecule has 96 valence electrons. The summed E-state index contributed by atoms with van der Waals surface area (Å²) in [5.41, 5.74) is 0. The Morgan fingerprint density at radius 3 is 3.00 bits per heavy atom. The highest BCUT2D eigenvalue weighted by Gasteiger charge is 2.32. The van der Waals surface area contributed by atoms with Gasteiger partial charge in [-0.25, -0.2) is 0 Å². The van der Waals surface area contributed by atoms with E-state index >= 15 is 0 Å². The molecule has 1 aliphatic rings. The van der Waals surface area contributed by atoms with Crippen molar-refractivity contribution in [1.29, 1.82) is 0 Å². The minimum Gasteiger partial charge on any atom is -0.407 e. The van der Waals surface area contributed by atoms with Crippen molar-refractivity contribution < 1.29 is 9.15 Å². The first-order valence-electron chi connectivity index (χ1n) is 6.05. The average Bonchev–Trinajstić information content (AvgIpc) is 2.86. The van der Waals surface area contributed by atoms with E-state index in [1.54, 1.807) is 7.11 Å². The summed E-state index contributed by atoms with van der Waals surface area (Å²) in [7, 11) is 1.68. The van der Waals surface area contributed by atoms with Crippen LogP contribution >= 0.6 is 0 Å². The summed E-state index contributed by atoms with van der Waals surface area (Å²) < 4.78 is 10.4. The summed E-state index contributed by atoms with van der Waals surface area (Å²) >= 11 is 0. The van der Waals surface area contributed by atoms with Crippen LogP contribution in [0.25, 0.3) is 0 Å². The first-order valence-corrected chi connectivity index (χ1v) is 6.05. The van der Waals surface area contributed by atoms with Crippen molar-refractivity contribution in [3.63, 3.8) is 0 Å². The fraction of sp³-hybridized carbons (Fsp3) is 0.818. The van der Waals surface area contributed by atoms with Gasteiger partial charge in [0.15, 0.2) is 0 Å². The third-order valence-corrected chi connectivity index (χ3v) is 3.02. The SMILES string of the molecule is COCCNCc1nnc(NCC2CC2C)o1. The van der Waals surface area contributed by atoms with Gasteiger partial charge in [-0.15, -0.1) is 5.10 Å². The fourth-order valence-corrected chi connectivity index (χ4v) is 1.67. The van der Waals surface area contributed by atoms with Gasteiger partial charge in [0.1, 0.15) is 0 Å². The topological polar surface area (TPSA) is 72.2 Å². The first kappa shape index (κ1) is 12.3. The zero-order valence-corrected chi connectivity index (χ0v) is 10.4. The molecule has 0 spiro atoms. The summed E-state index contributed by atoms with van der Waals surface area (Å²) in [5.74, 6) is 2.21. The Labute approximate surface area is 101 Å². The minimum atomic E-state index is 0.521. The van der Waals surface area contributed by atoms with Gasteiger partial charge in [0.25, 0.3) is 0 Å². The summed E-state index contributed by atoms with van der Waals surface area (Å²) in [5, 5.41) is 14.2. The highest BCUT2D eigenvalue weighted by Crippen LogP contribution is 2.37. The van der Waals surface area contributed by atoms with Crippen LogP contribution in [0.15, 0.2) is 4.42 Å². The maximum atomic E-state index is 5.44. The van der Waals surface area contributed by atoms with E-state index in [2.05, 4.69) is 27.8 Å². The summed E-state index contributed by atoms with van der Waals surface area (Å²) in [6.45, 7) is 5.23. The quantitative estimate of drug-likeness (QED) is 0.657. The molecule has 1 aliphatic carbocycles. The van der Waals surface area contributed by atoms with Crippen LogP contribution in [0.2, 0.25) is 0 Å². The number of anilines is 1. The van der Waals surface area contributed by atoms with E-state index in [1.807, 2.05) is 0 Å². The molecule has 2 unspecified atom stereocenters. The van der Waals surface area contributed by atoms with Crippen LogP contribution in [0.5, 0.6) is 0 Å². The maximum absolute atomic E-state index is 5.44. The molecule has 0 aromatic carbocycles. The van der Waals surface area contributed by atoms with Gasteiger partial charge in [-0.05, 0) is 18.3 Å². The smallest absolute Gasteiger partial charge is 0.315 e. The molecule has 1 saturated carbocycles. The molecule has 1 heterocycles. The summed E-state index contributed by atoms with van der Waals surface area (Å²) in [6, 6.07) is 0.521. The average molecular weight is 240 g/mol. The number of nitrogens with zero attached hydrogens (tertiary/aromatic N) is 2. The van der Waals surface area contributed by atoms with E-state index in [1.165, 1.54) is 6.42 Å². The lowest BCUT2D eigenvalue weighted by Gasteiger charge is -2.00. The number of methoxy groups -OCH3 is 1. The van der Waals surface area contributed by atoms with Gasteiger partial charge in [-0.3, -0.25) is 0 Å². The molecule has 6 nitrogen and oxygen atoms in total. The molecule has 2 rings (SSSR count). The molecule has 0 radical (unpaired) electrons. The van der Waals surface area contributed by atoms with Crippen LogP contribution in [-0.2, 0) is 11.3 Å². The lowest BCUT2D eigenvalue weighted by atomic mass is 10.3. The highest BCUT2D eigenvalue weighted by atomic mass is 16.5. The number of hydrogen-bond donors (Lipinski definition) is 2. The molecule has 1 fully saturated rings. The van der Waals surface area contributed by atoms with Crippen molar-refractivity contribution in [2.24, 2.45) is 11.8 Å². The minimum absolute atomic E-state index is 0.521. The Morgan fingerprint density at radius 1 is 1.47 bits per heavy atom. The van der Waals surface area contributed by atoms with Gasteiger partial charge in [0.2, 0.25) is 5.89 Å². The second-order valence-electron chi connectivity index (χ2n) is 4.52. The van der Waals surface area contributed by atoms with E-state index in [-0.39, 0.29) is 0 Å².